The lowest BCUT2D eigenvalue weighted by atomic mass is 10.1. The number of benzene rings is 2. The molecule has 0 radical (unpaired) electrons. The normalized spacial score (nSPS) is 16.4. The molecule has 1 amide bonds. The Kier molecular flexibility index (Phi) is 6.37. The Bertz CT molecular complexity index is 928. The van der Waals surface area contributed by atoms with Gasteiger partial charge in [-0.1, -0.05) is 24.3 Å². The van der Waals surface area contributed by atoms with Gasteiger partial charge in [0.15, 0.2) is 17.5 Å². The maximum atomic E-state index is 12.0. The summed E-state index contributed by atoms with van der Waals surface area (Å²) in [5.41, 5.74) is 3.19. The van der Waals surface area contributed by atoms with Crippen LogP contribution in [0.4, 0.5) is 5.69 Å². The lowest BCUT2D eigenvalue weighted by Crippen LogP contribution is -2.31. The van der Waals surface area contributed by atoms with E-state index in [0.717, 1.165) is 47.7 Å². The molecule has 2 heterocycles. The second-order valence-electron chi connectivity index (χ2n) is 7.45. The number of aliphatic imine (C=N–C) groups is 1. The van der Waals surface area contributed by atoms with E-state index in [-0.39, 0.29) is 5.91 Å². The number of rotatable bonds is 5. The highest BCUT2D eigenvalue weighted by Gasteiger charge is 2.21. The zero-order valence-corrected chi connectivity index (χ0v) is 17.3. The molecule has 1 fully saturated rings. The van der Waals surface area contributed by atoms with E-state index in [1.165, 1.54) is 0 Å². The van der Waals surface area contributed by atoms with Crippen molar-refractivity contribution in [1.82, 2.24) is 10.2 Å². The van der Waals surface area contributed by atoms with Gasteiger partial charge >= 0.3 is 0 Å². The minimum atomic E-state index is 0.240. The second kappa shape index (κ2) is 9.52. The Hall–Kier alpha value is -3.22. The molecule has 2 aliphatic rings. The van der Waals surface area contributed by atoms with Gasteiger partial charge in [-0.2, -0.15) is 0 Å². The Morgan fingerprint density at radius 3 is 2.63 bits per heavy atom. The average Bonchev–Trinajstić information content (AvgIpc) is 3.02. The molecule has 1 saturated heterocycles. The summed E-state index contributed by atoms with van der Waals surface area (Å²) in [5.74, 6) is 2.42. The van der Waals surface area contributed by atoms with E-state index in [1.54, 1.807) is 7.05 Å². The molecule has 2 aromatic carbocycles. The highest BCUT2D eigenvalue weighted by atomic mass is 16.5. The van der Waals surface area contributed by atoms with Gasteiger partial charge in [0.2, 0.25) is 5.91 Å². The van der Waals surface area contributed by atoms with E-state index in [0.29, 0.717) is 38.7 Å². The summed E-state index contributed by atoms with van der Waals surface area (Å²) in [4.78, 5) is 18.3. The third-order valence-corrected chi connectivity index (χ3v) is 5.33. The lowest BCUT2D eigenvalue weighted by Gasteiger charge is -2.19. The van der Waals surface area contributed by atoms with Crippen LogP contribution in [0.3, 0.4) is 0 Å². The third-order valence-electron chi connectivity index (χ3n) is 5.33. The summed E-state index contributed by atoms with van der Waals surface area (Å²) >= 11 is 0. The van der Waals surface area contributed by atoms with Crippen LogP contribution >= 0.6 is 0 Å². The average molecular weight is 409 g/mol. The van der Waals surface area contributed by atoms with Gasteiger partial charge in [0.05, 0.1) is 13.2 Å². The Morgan fingerprint density at radius 1 is 1.07 bits per heavy atom. The van der Waals surface area contributed by atoms with Crippen molar-refractivity contribution in [1.29, 1.82) is 0 Å². The number of likely N-dealkylation sites (tertiary alicyclic amines) is 1. The molecular formula is C23H28N4O3. The standard InChI is InChI=1S/C23H28N4O3/c1-24-23(26-19-9-10-20-21(14-19)30-13-5-12-29-20)25-15-17-6-2-3-7-18(17)16-27-11-4-8-22(27)28/h2-3,6-7,9-10,14H,4-5,8,11-13,15-16H2,1H3,(H2,24,25,26). The van der Waals surface area contributed by atoms with Gasteiger partial charge in [0.1, 0.15) is 0 Å². The molecule has 2 aromatic rings. The Morgan fingerprint density at radius 2 is 1.87 bits per heavy atom. The van der Waals surface area contributed by atoms with Crippen molar-refractivity contribution >= 4 is 17.6 Å². The number of nitrogens with zero attached hydrogens (tertiary/aromatic N) is 2. The molecule has 2 aliphatic heterocycles. The van der Waals surface area contributed by atoms with Crippen LogP contribution in [0.1, 0.15) is 30.4 Å². The van der Waals surface area contributed by atoms with Crippen LogP contribution in [-0.4, -0.2) is 43.6 Å². The van der Waals surface area contributed by atoms with Crippen LogP contribution in [0.2, 0.25) is 0 Å². The maximum Gasteiger partial charge on any atom is 0.222 e. The number of ether oxygens (including phenoxy) is 2. The largest absolute Gasteiger partial charge is 0.490 e. The predicted molar refractivity (Wildman–Crippen MR) is 117 cm³/mol. The van der Waals surface area contributed by atoms with E-state index < -0.39 is 0 Å². The molecule has 2 N–H and O–H groups in total. The molecule has 158 valence electrons. The molecule has 7 nitrogen and oxygen atoms in total. The molecule has 30 heavy (non-hydrogen) atoms. The quantitative estimate of drug-likeness (QED) is 0.587. The van der Waals surface area contributed by atoms with Crippen LogP contribution in [0.25, 0.3) is 0 Å². The molecule has 4 rings (SSSR count). The van der Waals surface area contributed by atoms with Gasteiger partial charge in [-0.3, -0.25) is 9.79 Å². The van der Waals surface area contributed by atoms with Crippen LogP contribution in [0.15, 0.2) is 47.5 Å². The SMILES string of the molecule is CN=C(NCc1ccccc1CN1CCCC1=O)Nc1ccc2c(c1)OCCCO2. The number of carbonyl (C=O) groups is 1. The fraction of sp³-hybridized carbons (Fsp3) is 0.391. The highest BCUT2D eigenvalue weighted by molar-refractivity contribution is 5.93. The van der Waals surface area contributed by atoms with Crippen LogP contribution in [0.5, 0.6) is 11.5 Å². The Balaban J connectivity index is 1.39. The number of fused-ring (bicyclic) bond motifs is 1. The molecule has 0 unspecified atom stereocenters. The minimum Gasteiger partial charge on any atom is -0.490 e. The molecule has 0 bridgehead atoms. The maximum absolute atomic E-state index is 12.0. The predicted octanol–water partition coefficient (Wildman–Crippen LogP) is 3.16. The summed E-state index contributed by atoms with van der Waals surface area (Å²) in [6.45, 7) is 3.44. The Labute approximate surface area is 177 Å². The number of anilines is 1. The lowest BCUT2D eigenvalue weighted by molar-refractivity contribution is -0.128. The molecule has 0 aromatic heterocycles. The van der Waals surface area contributed by atoms with Crippen molar-refractivity contribution in [3.8, 4) is 11.5 Å². The topological polar surface area (TPSA) is 75.2 Å². The van der Waals surface area contributed by atoms with Crippen molar-refractivity contribution in [2.24, 2.45) is 4.99 Å². The van der Waals surface area contributed by atoms with E-state index in [2.05, 4.69) is 27.8 Å². The van der Waals surface area contributed by atoms with Gasteiger partial charge in [0, 0.05) is 51.3 Å². The summed E-state index contributed by atoms with van der Waals surface area (Å²) in [7, 11) is 1.74. The second-order valence-corrected chi connectivity index (χ2v) is 7.45. The summed E-state index contributed by atoms with van der Waals surface area (Å²) in [6, 6.07) is 14.0. The minimum absolute atomic E-state index is 0.240. The monoisotopic (exact) mass is 408 g/mol. The number of hydrogen-bond donors (Lipinski definition) is 2. The van der Waals surface area contributed by atoms with Crippen molar-refractivity contribution < 1.29 is 14.3 Å². The first kappa shape index (κ1) is 20.1. The van der Waals surface area contributed by atoms with Crippen molar-refractivity contribution in [2.75, 3.05) is 32.1 Å². The van der Waals surface area contributed by atoms with Gasteiger partial charge in [0.25, 0.3) is 0 Å². The molecule has 0 saturated carbocycles. The van der Waals surface area contributed by atoms with E-state index in [9.17, 15) is 4.79 Å². The third kappa shape index (κ3) is 4.84. The number of amides is 1. The van der Waals surface area contributed by atoms with E-state index in [4.69, 9.17) is 9.47 Å². The molecular weight excluding hydrogens is 380 g/mol. The van der Waals surface area contributed by atoms with Gasteiger partial charge < -0.3 is 25.0 Å². The first-order valence-corrected chi connectivity index (χ1v) is 10.4. The van der Waals surface area contributed by atoms with Crippen molar-refractivity contribution in [3.05, 3.63) is 53.6 Å². The van der Waals surface area contributed by atoms with Gasteiger partial charge in [-0.05, 0) is 29.7 Å². The van der Waals surface area contributed by atoms with E-state index >= 15 is 0 Å². The van der Waals surface area contributed by atoms with E-state index in [1.807, 2.05) is 35.2 Å². The fourth-order valence-corrected chi connectivity index (χ4v) is 3.70. The van der Waals surface area contributed by atoms with Gasteiger partial charge in [-0.25, -0.2) is 0 Å². The number of guanidine groups is 1. The molecule has 7 heteroatoms. The molecule has 0 atom stereocenters. The molecule has 0 spiro atoms. The summed E-state index contributed by atoms with van der Waals surface area (Å²) < 4.78 is 11.5. The van der Waals surface area contributed by atoms with Crippen LogP contribution < -0.4 is 20.1 Å². The fourth-order valence-electron chi connectivity index (χ4n) is 3.70. The van der Waals surface area contributed by atoms with Crippen LogP contribution in [-0.2, 0) is 17.9 Å². The zero-order chi connectivity index (χ0) is 20.8. The first-order chi connectivity index (χ1) is 14.7. The summed E-state index contributed by atoms with van der Waals surface area (Å²) in [6.07, 6.45) is 2.49. The zero-order valence-electron chi connectivity index (χ0n) is 17.3. The smallest absolute Gasteiger partial charge is 0.222 e. The van der Waals surface area contributed by atoms with Gasteiger partial charge in [-0.15, -0.1) is 0 Å². The number of hydrogen-bond acceptors (Lipinski definition) is 4. The number of carbonyl (C=O) groups excluding carboxylic acids is 1. The number of nitrogens with one attached hydrogen (secondary N) is 2. The van der Waals surface area contributed by atoms with Crippen LogP contribution in [0, 0.1) is 0 Å². The highest BCUT2D eigenvalue weighted by Crippen LogP contribution is 2.32. The van der Waals surface area contributed by atoms with Crippen molar-refractivity contribution in [2.45, 2.75) is 32.4 Å². The van der Waals surface area contributed by atoms with Crippen molar-refractivity contribution in [3.63, 3.8) is 0 Å². The molecule has 0 aliphatic carbocycles. The first-order valence-electron chi connectivity index (χ1n) is 10.4. The summed E-state index contributed by atoms with van der Waals surface area (Å²) in [5, 5.41) is 6.67.